The Morgan fingerprint density at radius 1 is 1.26 bits per heavy atom. The van der Waals surface area contributed by atoms with Crippen LogP contribution in [0.25, 0.3) is 0 Å². The van der Waals surface area contributed by atoms with E-state index in [9.17, 15) is 4.39 Å². The zero-order valence-electron chi connectivity index (χ0n) is 11.4. The normalized spacial score (nSPS) is 14.1. The molecule has 3 heteroatoms. The number of nitrogens with two attached hydrogens (primary N) is 1. The zero-order valence-corrected chi connectivity index (χ0v) is 11.4. The van der Waals surface area contributed by atoms with Gasteiger partial charge in [-0.1, -0.05) is 36.8 Å². The largest absolute Gasteiger partial charge is 0.320 e. The zero-order chi connectivity index (χ0) is 13.9. The van der Waals surface area contributed by atoms with Crippen LogP contribution < -0.4 is 5.73 Å². The summed E-state index contributed by atoms with van der Waals surface area (Å²) in [4.78, 5) is 4.14. The SMILES string of the molecule is CCC(N)(Cc1cccc(C)c1)c1ccc(F)cn1. The minimum Gasteiger partial charge on any atom is -0.320 e. The Kier molecular flexibility index (Phi) is 3.96. The fourth-order valence-electron chi connectivity index (χ4n) is 2.25. The van der Waals surface area contributed by atoms with E-state index in [4.69, 9.17) is 5.73 Å². The topological polar surface area (TPSA) is 38.9 Å². The molecule has 2 rings (SSSR count). The number of hydrogen-bond donors (Lipinski definition) is 1. The van der Waals surface area contributed by atoms with E-state index in [1.54, 1.807) is 6.07 Å². The molecule has 2 aromatic rings. The van der Waals surface area contributed by atoms with Crippen LogP contribution in [-0.2, 0) is 12.0 Å². The van der Waals surface area contributed by atoms with Crippen LogP contribution in [0.3, 0.4) is 0 Å². The van der Waals surface area contributed by atoms with Gasteiger partial charge >= 0.3 is 0 Å². The van der Waals surface area contributed by atoms with Gasteiger partial charge in [-0.05, 0) is 37.5 Å². The third kappa shape index (κ3) is 3.18. The standard InChI is InChI=1S/C16H19FN2/c1-3-16(18,15-8-7-14(17)11-19-15)10-13-6-4-5-12(2)9-13/h4-9,11H,3,10,18H2,1-2H3. The van der Waals surface area contributed by atoms with Crippen LogP contribution in [0.4, 0.5) is 4.39 Å². The van der Waals surface area contributed by atoms with Gasteiger partial charge in [-0.2, -0.15) is 0 Å². The maximum Gasteiger partial charge on any atom is 0.141 e. The molecule has 0 bridgehead atoms. The van der Waals surface area contributed by atoms with Crippen molar-refractivity contribution in [3.8, 4) is 0 Å². The molecular weight excluding hydrogens is 239 g/mol. The first-order valence-electron chi connectivity index (χ1n) is 6.50. The van der Waals surface area contributed by atoms with Gasteiger partial charge in [-0.3, -0.25) is 4.98 Å². The molecule has 0 saturated carbocycles. The molecule has 0 aliphatic heterocycles. The van der Waals surface area contributed by atoms with Crippen molar-refractivity contribution in [2.24, 2.45) is 5.73 Å². The molecule has 0 aliphatic rings. The first kappa shape index (κ1) is 13.7. The van der Waals surface area contributed by atoms with Crippen LogP contribution >= 0.6 is 0 Å². The van der Waals surface area contributed by atoms with Gasteiger partial charge < -0.3 is 5.73 Å². The van der Waals surface area contributed by atoms with E-state index in [1.807, 2.05) is 13.0 Å². The number of nitrogens with zero attached hydrogens (tertiary/aromatic N) is 1. The minimum absolute atomic E-state index is 0.335. The van der Waals surface area contributed by atoms with E-state index in [1.165, 1.54) is 23.4 Å². The third-order valence-corrected chi connectivity index (χ3v) is 3.47. The van der Waals surface area contributed by atoms with Crippen molar-refractivity contribution in [1.82, 2.24) is 4.98 Å². The van der Waals surface area contributed by atoms with Crippen molar-refractivity contribution in [3.05, 3.63) is 65.2 Å². The molecule has 19 heavy (non-hydrogen) atoms. The predicted octanol–water partition coefficient (Wildman–Crippen LogP) is 3.34. The molecule has 0 saturated heterocycles. The molecule has 1 atom stereocenters. The molecule has 1 aromatic carbocycles. The molecule has 0 amide bonds. The summed E-state index contributed by atoms with van der Waals surface area (Å²) in [6.45, 7) is 4.09. The molecule has 1 unspecified atom stereocenters. The Bertz CT molecular complexity index is 551. The summed E-state index contributed by atoms with van der Waals surface area (Å²) in [6, 6.07) is 11.4. The lowest BCUT2D eigenvalue weighted by Crippen LogP contribution is -2.39. The Hall–Kier alpha value is -1.74. The first-order chi connectivity index (χ1) is 9.03. The van der Waals surface area contributed by atoms with Crippen molar-refractivity contribution in [1.29, 1.82) is 0 Å². The van der Waals surface area contributed by atoms with Gasteiger partial charge in [0.2, 0.25) is 0 Å². The Morgan fingerprint density at radius 3 is 2.63 bits per heavy atom. The minimum atomic E-state index is -0.554. The monoisotopic (exact) mass is 258 g/mol. The number of hydrogen-bond acceptors (Lipinski definition) is 2. The number of benzene rings is 1. The first-order valence-corrected chi connectivity index (χ1v) is 6.50. The Morgan fingerprint density at radius 2 is 2.05 bits per heavy atom. The average Bonchev–Trinajstić information content (AvgIpc) is 2.39. The summed E-state index contributed by atoms with van der Waals surface area (Å²) in [6.07, 6.45) is 2.67. The van der Waals surface area contributed by atoms with Crippen molar-refractivity contribution >= 4 is 0 Å². The highest BCUT2D eigenvalue weighted by atomic mass is 19.1. The maximum absolute atomic E-state index is 13.0. The van der Waals surface area contributed by atoms with E-state index in [0.29, 0.717) is 6.42 Å². The fraction of sp³-hybridized carbons (Fsp3) is 0.312. The molecule has 1 aromatic heterocycles. The highest BCUT2D eigenvalue weighted by molar-refractivity contribution is 5.27. The van der Waals surface area contributed by atoms with E-state index in [-0.39, 0.29) is 5.82 Å². The molecule has 0 fully saturated rings. The predicted molar refractivity (Wildman–Crippen MR) is 75.2 cm³/mol. The summed E-state index contributed by atoms with van der Waals surface area (Å²) >= 11 is 0. The number of aromatic nitrogens is 1. The summed E-state index contributed by atoms with van der Waals surface area (Å²) in [7, 11) is 0. The third-order valence-electron chi connectivity index (χ3n) is 3.47. The summed E-state index contributed by atoms with van der Waals surface area (Å²) in [5, 5.41) is 0. The molecule has 2 nitrogen and oxygen atoms in total. The highest BCUT2D eigenvalue weighted by Crippen LogP contribution is 2.25. The van der Waals surface area contributed by atoms with Crippen LogP contribution in [0.2, 0.25) is 0 Å². The van der Waals surface area contributed by atoms with E-state index < -0.39 is 5.54 Å². The number of halogens is 1. The van der Waals surface area contributed by atoms with Crippen molar-refractivity contribution < 1.29 is 4.39 Å². The van der Waals surface area contributed by atoms with Crippen LogP contribution in [0, 0.1) is 12.7 Å². The molecule has 1 heterocycles. The van der Waals surface area contributed by atoms with Crippen molar-refractivity contribution in [2.75, 3.05) is 0 Å². The summed E-state index contributed by atoms with van der Waals surface area (Å²) < 4.78 is 13.0. The lowest BCUT2D eigenvalue weighted by atomic mass is 9.85. The summed E-state index contributed by atoms with van der Waals surface area (Å²) in [5.41, 5.74) is 9.03. The Labute approximate surface area is 113 Å². The van der Waals surface area contributed by atoms with E-state index in [0.717, 1.165) is 12.1 Å². The molecule has 0 aliphatic carbocycles. The highest BCUT2D eigenvalue weighted by Gasteiger charge is 2.27. The van der Waals surface area contributed by atoms with Gasteiger partial charge in [-0.25, -0.2) is 4.39 Å². The van der Waals surface area contributed by atoms with Gasteiger partial charge in [0.15, 0.2) is 0 Å². The van der Waals surface area contributed by atoms with Gasteiger partial charge in [0, 0.05) is 0 Å². The molecule has 0 spiro atoms. The van der Waals surface area contributed by atoms with Crippen molar-refractivity contribution in [2.45, 2.75) is 32.2 Å². The van der Waals surface area contributed by atoms with Crippen molar-refractivity contribution in [3.63, 3.8) is 0 Å². The van der Waals surface area contributed by atoms with Gasteiger partial charge in [0.25, 0.3) is 0 Å². The molecule has 2 N–H and O–H groups in total. The fourth-order valence-corrected chi connectivity index (χ4v) is 2.25. The number of rotatable bonds is 4. The maximum atomic E-state index is 13.0. The molecule has 100 valence electrons. The van der Waals surface area contributed by atoms with E-state index >= 15 is 0 Å². The second-order valence-electron chi connectivity index (χ2n) is 5.04. The lowest BCUT2D eigenvalue weighted by molar-refractivity contribution is 0.410. The van der Waals surface area contributed by atoms with Gasteiger partial charge in [-0.15, -0.1) is 0 Å². The Balaban J connectivity index is 2.29. The summed E-state index contributed by atoms with van der Waals surface area (Å²) in [5.74, 6) is -0.335. The second kappa shape index (κ2) is 5.49. The van der Waals surface area contributed by atoms with Crippen LogP contribution in [0.1, 0.15) is 30.2 Å². The van der Waals surface area contributed by atoms with Gasteiger partial charge in [0.1, 0.15) is 5.82 Å². The lowest BCUT2D eigenvalue weighted by Gasteiger charge is -2.28. The number of pyridine rings is 1. The van der Waals surface area contributed by atoms with Crippen LogP contribution in [0.15, 0.2) is 42.6 Å². The van der Waals surface area contributed by atoms with E-state index in [2.05, 4.69) is 30.1 Å². The number of aryl methyl sites for hydroxylation is 1. The average molecular weight is 258 g/mol. The quantitative estimate of drug-likeness (QED) is 0.913. The van der Waals surface area contributed by atoms with Crippen LogP contribution in [-0.4, -0.2) is 4.98 Å². The van der Waals surface area contributed by atoms with Crippen LogP contribution in [0.5, 0.6) is 0 Å². The molecular formula is C16H19FN2. The smallest absolute Gasteiger partial charge is 0.141 e. The second-order valence-corrected chi connectivity index (χ2v) is 5.04. The van der Waals surface area contributed by atoms with Gasteiger partial charge in [0.05, 0.1) is 17.4 Å². The molecule has 0 radical (unpaired) electrons.